The summed E-state index contributed by atoms with van der Waals surface area (Å²) in [5.74, 6) is 0.0554. The lowest BCUT2D eigenvalue weighted by Crippen LogP contribution is -2.33. The molecule has 4 nitrogen and oxygen atoms in total. The normalized spacial score (nSPS) is 16.6. The van der Waals surface area contributed by atoms with Crippen LogP contribution in [0.2, 0.25) is 5.02 Å². The van der Waals surface area contributed by atoms with Crippen LogP contribution in [0.5, 0.6) is 5.75 Å². The molecule has 2 rings (SSSR count). The molecule has 19 heavy (non-hydrogen) atoms. The van der Waals surface area contributed by atoms with Gasteiger partial charge in [0.15, 0.2) is 5.78 Å². The van der Waals surface area contributed by atoms with E-state index in [2.05, 4.69) is 4.90 Å². The molecule has 0 unspecified atom stereocenters. The van der Waals surface area contributed by atoms with Gasteiger partial charge in [-0.05, 0) is 19.1 Å². The number of aromatic hydroxyl groups is 1. The van der Waals surface area contributed by atoms with Crippen molar-refractivity contribution < 1.29 is 14.7 Å². The molecule has 0 radical (unpaired) electrons. The van der Waals surface area contributed by atoms with Gasteiger partial charge < -0.3 is 5.11 Å². The molecule has 1 fully saturated rings. The minimum absolute atomic E-state index is 0.00574. The first-order valence-corrected chi connectivity index (χ1v) is 6.61. The van der Waals surface area contributed by atoms with Gasteiger partial charge >= 0.3 is 0 Å². The summed E-state index contributed by atoms with van der Waals surface area (Å²) < 4.78 is 0. The molecule has 0 saturated carbocycles. The highest BCUT2D eigenvalue weighted by atomic mass is 35.5. The smallest absolute Gasteiger partial charge is 0.163 e. The largest absolute Gasteiger partial charge is 0.507 e. The van der Waals surface area contributed by atoms with E-state index in [1.165, 1.54) is 13.0 Å². The number of phenolic OH excluding ortho intramolecular Hbond substituents is 1. The van der Waals surface area contributed by atoms with E-state index in [0.717, 1.165) is 0 Å². The van der Waals surface area contributed by atoms with Crippen LogP contribution in [-0.4, -0.2) is 34.7 Å². The monoisotopic (exact) mass is 281 g/mol. The Morgan fingerprint density at radius 3 is 2.58 bits per heavy atom. The van der Waals surface area contributed by atoms with Crippen LogP contribution in [0.1, 0.15) is 35.7 Å². The average Bonchev–Trinajstić information content (AvgIpc) is 2.35. The number of halogens is 1. The highest BCUT2D eigenvalue weighted by molar-refractivity contribution is 6.31. The van der Waals surface area contributed by atoms with Crippen molar-refractivity contribution in [1.82, 2.24) is 4.90 Å². The number of hydrogen-bond acceptors (Lipinski definition) is 4. The van der Waals surface area contributed by atoms with Gasteiger partial charge in [-0.2, -0.15) is 0 Å². The topological polar surface area (TPSA) is 57.6 Å². The number of likely N-dealkylation sites (tertiary alicyclic amines) is 1. The summed E-state index contributed by atoms with van der Waals surface area (Å²) in [4.78, 5) is 24.7. The SMILES string of the molecule is CC(=O)c1cc(Cl)cc(CN2CCC(=O)CC2)c1O. The number of phenols is 1. The Balaban J connectivity index is 2.20. The van der Waals surface area contributed by atoms with Gasteiger partial charge in [0.05, 0.1) is 5.56 Å². The Labute approximate surface area is 117 Å². The van der Waals surface area contributed by atoms with Crippen LogP contribution in [0.3, 0.4) is 0 Å². The van der Waals surface area contributed by atoms with Gasteiger partial charge in [0.1, 0.15) is 11.5 Å². The number of benzene rings is 1. The van der Waals surface area contributed by atoms with Crippen molar-refractivity contribution in [1.29, 1.82) is 0 Å². The summed E-state index contributed by atoms with van der Waals surface area (Å²) in [7, 11) is 0. The summed E-state index contributed by atoms with van der Waals surface area (Å²) in [5, 5.41) is 10.5. The van der Waals surface area contributed by atoms with Crippen molar-refractivity contribution in [3.8, 4) is 5.75 Å². The lowest BCUT2D eigenvalue weighted by Gasteiger charge is -2.26. The molecular weight excluding hydrogens is 266 g/mol. The van der Waals surface area contributed by atoms with E-state index in [9.17, 15) is 14.7 Å². The first-order valence-electron chi connectivity index (χ1n) is 6.23. The number of nitrogens with zero attached hydrogens (tertiary/aromatic N) is 1. The lowest BCUT2D eigenvalue weighted by atomic mass is 10.0. The molecule has 1 N–H and O–H groups in total. The molecule has 1 aromatic carbocycles. The maximum absolute atomic E-state index is 11.4. The van der Waals surface area contributed by atoms with Crippen molar-refractivity contribution in [2.24, 2.45) is 0 Å². The molecule has 1 saturated heterocycles. The van der Waals surface area contributed by atoms with Crippen LogP contribution in [0.25, 0.3) is 0 Å². The molecule has 5 heteroatoms. The van der Waals surface area contributed by atoms with E-state index in [-0.39, 0.29) is 22.9 Å². The van der Waals surface area contributed by atoms with Crippen molar-refractivity contribution in [2.45, 2.75) is 26.3 Å². The Hall–Kier alpha value is -1.39. The Kier molecular flexibility index (Phi) is 4.22. The number of hydrogen-bond donors (Lipinski definition) is 1. The molecule has 0 atom stereocenters. The van der Waals surface area contributed by atoms with Crippen molar-refractivity contribution in [3.05, 3.63) is 28.3 Å². The average molecular weight is 282 g/mol. The Morgan fingerprint density at radius 1 is 1.37 bits per heavy atom. The quantitative estimate of drug-likeness (QED) is 0.865. The molecule has 0 aliphatic carbocycles. The van der Waals surface area contributed by atoms with Gasteiger partial charge in [0.2, 0.25) is 0 Å². The van der Waals surface area contributed by atoms with Crippen LogP contribution in [0.4, 0.5) is 0 Å². The van der Waals surface area contributed by atoms with Crippen LogP contribution >= 0.6 is 11.6 Å². The Morgan fingerprint density at radius 2 is 2.00 bits per heavy atom. The molecule has 102 valence electrons. The molecule has 1 aliphatic heterocycles. The summed E-state index contributed by atoms with van der Waals surface area (Å²) in [6.07, 6.45) is 1.09. The number of Topliss-reactive ketones (excluding diaryl/α,β-unsaturated/α-hetero) is 2. The molecule has 1 aliphatic rings. The first-order chi connectivity index (χ1) is 8.97. The summed E-state index contributed by atoms with van der Waals surface area (Å²) >= 11 is 5.97. The van der Waals surface area contributed by atoms with E-state index < -0.39 is 0 Å². The second kappa shape index (κ2) is 5.72. The van der Waals surface area contributed by atoms with Gasteiger partial charge in [0.25, 0.3) is 0 Å². The molecule has 0 bridgehead atoms. The predicted octanol–water partition coefficient (Wildman–Crippen LogP) is 2.41. The fourth-order valence-electron chi connectivity index (χ4n) is 2.25. The fourth-order valence-corrected chi connectivity index (χ4v) is 2.49. The summed E-state index contributed by atoms with van der Waals surface area (Å²) in [5.41, 5.74) is 0.877. The number of carbonyl (C=O) groups excluding carboxylic acids is 2. The minimum Gasteiger partial charge on any atom is -0.507 e. The van der Waals surface area contributed by atoms with Crippen molar-refractivity contribution >= 4 is 23.2 Å². The van der Waals surface area contributed by atoms with Gasteiger partial charge in [-0.3, -0.25) is 14.5 Å². The van der Waals surface area contributed by atoms with Crippen LogP contribution < -0.4 is 0 Å². The van der Waals surface area contributed by atoms with E-state index in [1.54, 1.807) is 6.07 Å². The van der Waals surface area contributed by atoms with Crippen LogP contribution in [-0.2, 0) is 11.3 Å². The molecule has 0 amide bonds. The number of carbonyl (C=O) groups is 2. The van der Waals surface area contributed by atoms with Crippen LogP contribution in [0, 0.1) is 0 Å². The van der Waals surface area contributed by atoms with Gasteiger partial charge in [-0.15, -0.1) is 0 Å². The zero-order chi connectivity index (χ0) is 14.0. The number of piperidine rings is 1. The fraction of sp³-hybridized carbons (Fsp3) is 0.429. The zero-order valence-corrected chi connectivity index (χ0v) is 11.5. The third kappa shape index (κ3) is 3.33. The van der Waals surface area contributed by atoms with Gasteiger partial charge in [-0.1, -0.05) is 11.6 Å². The minimum atomic E-state index is -0.213. The van der Waals surface area contributed by atoms with Gasteiger partial charge in [0, 0.05) is 43.1 Å². The zero-order valence-electron chi connectivity index (χ0n) is 10.8. The highest BCUT2D eigenvalue weighted by Crippen LogP contribution is 2.29. The van der Waals surface area contributed by atoms with E-state index in [1.807, 2.05) is 0 Å². The predicted molar refractivity (Wildman–Crippen MR) is 72.6 cm³/mol. The van der Waals surface area contributed by atoms with E-state index >= 15 is 0 Å². The third-order valence-electron chi connectivity index (χ3n) is 3.34. The summed E-state index contributed by atoms with van der Waals surface area (Å²) in [6.45, 7) is 3.26. The maximum atomic E-state index is 11.4. The molecular formula is C14H16ClNO3. The third-order valence-corrected chi connectivity index (χ3v) is 3.56. The van der Waals surface area contributed by atoms with Gasteiger partial charge in [-0.25, -0.2) is 0 Å². The first kappa shape index (κ1) is 14.0. The van der Waals surface area contributed by atoms with Crippen LogP contribution in [0.15, 0.2) is 12.1 Å². The second-order valence-electron chi connectivity index (χ2n) is 4.83. The lowest BCUT2D eigenvalue weighted by molar-refractivity contribution is -0.121. The summed E-state index contributed by atoms with van der Waals surface area (Å²) in [6, 6.07) is 3.14. The molecule has 0 aromatic heterocycles. The van der Waals surface area contributed by atoms with E-state index in [4.69, 9.17) is 11.6 Å². The number of ketones is 2. The molecule has 0 spiro atoms. The maximum Gasteiger partial charge on any atom is 0.163 e. The molecule has 1 heterocycles. The van der Waals surface area contributed by atoms with Crippen molar-refractivity contribution in [3.63, 3.8) is 0 Å². The number of rotatable bonds is 3. The molecule has 1 aromatic rings. The standard InChI is InChI=1S/C14H16ClNO3/c1-9(17)13-7-11(15)6-10(14(13)19)8-16-4-2-12(18)3-5-16/h6-7,19H,2-5,8H2,1H3. The van der Waals surface area contributed by atoms with E-state index in [0.29, 0.717) is 43.1 Å². The Bertz CT molecular complexity index is 518. The van der Waals surface area contributed by atoms with Crippen molar-refractivity contribution in [2.75, 3.05) is 13.1 Å². The second-order valence-corrected chi connectivity index (χ2v) is 5.27. The highest BCUT2D eigenvalue weighted by Gasteiger charge is 2.19.